The molecule has 1 aliphatic rings. The molecule has 4 nitrogen and oxygen atoms in total. The van der Waals surface area contributed by atoms with E-state index in [0.717, 1.165) is 32.2 Å². The fraction of sp³-hybridized carbons (Fsp3) is 0.250. The molecule has 0 radical (unpaired) electrons. The monoisotopic (exact) mass is 433 g/mol. The molecule has 1 aromatic heterocycles. The minimum Gasteiger partial charge on any atom is -0.471 e. The summed E-state index contributed by atoms with van der Waals surface area (Å²) in [4.78, 5) is 14.3. The molecule has 134 valence electrons. The van der Waals surface area contributed by atoms with E-state index >= 15 is 0 Å². The molecular formula is C20H17BrClNO3. The van der Waals surface area contributed by atoms with Gasteiger partial charge in [0.1, 0.15) is 11.3 Å². The van der Waals surface area contributed by atoms with Gasteiger partial charge in [0.15, 0.2) is 6.73 Å². The zero-order chi connectivity index (χ0) is 18.6. The molecule has 0 N–H and O–H groups in total. The van der Waals surface area contributed by atoms with E-state index in [-0.39, 0.29) is 5.63 Å². The van der Waals surface area contributed by atoms with E-state index in [1.165, 1.54) is 0 Å². The van der Waals surface area contributed by atoms with Gasteiger partial charge in [-0.3, -0.25) is 0 Å². The van der Waals surface area contributed by atoms with Crippen LogP contribution in [0.25, 0.3) is 11.0 Å². The molecular weight excluding hydrogens is 418 g/mol. The van der Waals surface area contributed by atoms with Crippen LogP contribution in [-0.4, -0.2) is 6.73 Å². The van der Waals surface area contributed by atoms with Crippen LogP contribution in [0.1, 0.15) is 22.3 Å². The van der Waals surface area contributed by atoms with Gasteiger partial charge in [0.25, 0.3) is 0 Å². The van der Waals surface area contributed by atoms with Crippen LogP contribution < -0.4 is 15.3 Å². The number of fused-ring (bicyclic) bond motifs is 3. The highest BCUT2D eigenvalue weighted by atomic mass is 79.9. The van der Waals surface area contributed by atoms with Gasteiger partial charge in [-0.15, -0.1) is 0 Å². The number of halogens is 2. The van der Waals surface area contributed by atoms with Crippen molar-refractivity contribution in [1.29, 1.82) is 0 Å². The minimum absolute atomic E-state index is 0.323. The molecule has 1 aliphatic heterocycles. The van der Waals surface area contributed by atoms with E-state index in [1.807, 2.05) is 25.1 Å². The SMILES string of the molecule is Cc1cc(Br)ccc1N1COc2c(Cl)cc3c(C)c(C)c(=O)oc3c2C1. The molecule has 2 heterocycles. The van der Waals surface area contributed by atoms with Crippen molar-refractivity contribution >= 4 is 44.2 Å². The van der Waals surface area contributed by atoms with E-state index in [0.29, 0.717) is 35.2 Å². The van der Waals surface area contributed by atoms with Crippen LogP contribution in [0.3, 0.4) is 0 Å². The van der Waals surface area contributed by atoms with Gasteiger partial charge in [0, 0.05) is 21.1 Å². The first-order chi connectivity index (χ1) is 12.4. The van der Waals surface area contributed by atoms with E-state index < -0.39 is 0 Å². The Kier molecular flexibility index (Phi) is 4.24. The fourth-order valence-corrected chi connectivity index (χ4v) is 4.15. The van der Waals surface area contributed by atoms with Crippen molar-refractivity contribution < 1.29 is 9.15 Å². The molecule has 0 spiro atoms. The van der Waals surface area contributed by atoms with Crippen LogP contribution in [0.4, 0.5) is 5.69 Å². The molecule has 26 heavy (non-hydrogen) atoms. The third kappa shape index (κ3) is 2.70. The molecule has 0 saturated carbocycles. The Balaban J connectivity index is 1.90. The van der Waals surface area contributed by atoms with Crippen molar-refractivity contribution in [3.05, 3.63) is 66.4 Å². The van der Waals surface area contributed by atoms with Crippen LogP contribution >= 0.6 is 27.5 Å². The van der Waals surface area contributed by atoms with Crippen molar-refractivity contribution in [3.63, 3.8) is 0 Å². The van der Waals surface area contributed by atoms with E-state index in [2.05, 4.69) is 33.8 Å². The smallest absolute Gasteiger partial charge is 0.339 e. The molecule has 0 atom stereocenters. The van der Waals surface area contributed by atoms with Crippen molar-refractivity contribution in [3.8, 4) is 5.75 Å². The number of hydrogen-bond acceptors (Lipinski definition) is 4. The Labute approximate surface area is 164 Å². The number of ether oxygens (including phenoxy) is 1. The van der Waals surface area contributed by atoms with Crippen molar-refractivity contribution in [1.82, 2.24) is 0 Å². The van der Waals surface area contributed by atoms with Gasteiger partial charge in [-0.2, -0.15) is 0 Å². The van der Waals surface area contributed by atoms with Crippen LogP contribution in [0.15, 0.2) is 37.9 Å². The molecule has 4 rings (SSSR count). The number of rotatable bonds is 1. The van der Waals surface area contributed by atoms with Gasteiger partial charge in [-0.05, 0) is 56.2 Å². The van der Waals surface area contributed by atoms with Gasteiger partial charge in [-0.1, -0.05) is 27.5 Å². The number of anilines is 1. The Morgan fingerprint density at radius 2 is 1.92 bits per heavy atom. The lowest BCUT2D eigenvalue weighted by molar-refractivity contribution is 0.289. The van der Waals surface area contributed by atoms with Gasteiger partial charge >= 0.3 is 5.63 Å². The zero-order valence-electron chi connectivity index (χ0n) is 14.7. The summed E-state index contributed by atoms with van der Waals surface area (Å²) in [6, 6.07) is 7.93. The molecule has 0 aliphatic carbocycles. The average molecular weight is 435 g/mol. The third-order valence-corrected chi connectivity index (χ3v) is 5.74. The van der Waals surface area contributed by atoms with Crippen molar-refractivity contribution in [2.45, 2.75) is 27.3 Å². The summed E-state index contributed by atoms with van der Waals surface area (Å²) in [5, 5.41) is 1.39. The second kappa shape index (κ2) is 6.32. The number of aryl methyl sites for hydroxylation is 2. The lowest BCUT2D eigenvalue weighted by Gasteiger charge is -2.32. The summed E-state index contributed by atoms with van der Waals surface area (Å²) in [6.45, 7) is 6.68. The number of benzene rings is 2. The highest BCUT2D eigenvalue weighted by molar-refractivity contribution is 9.10. The average Bonchev–Trinajstić information content (AvgIpc) is 2.61. The van der Waals surface area contributed by atoms with Crippen molar-refractivity contribution in [2.75, 3.05) is 11.6 Å². The number of nitrogens with zero attached hydrogens (tertiary/aromatic N) is 1. The maximum Gasteiger partial charge on any atom is 0.339 e. The summed E-state index contributed by atoms with van der Waals surface area (Å²) >= 11 is 9.96. The second-order valence-corrected chi connectivity index (χ2v) is 7.91. The zero-order valence-corrected chi connectivity index (χ0v) is 17.0. The van der Waals surface area contributed by atoms with Crippen LogP contribution in [-0.2, 0) is 6.54 Å². The first kappa shape index (κ1) is 17.4. The maximum absolute atomic E-state index is 12.2. The molecule has 0 saturated heterocycles. The highest BCUT2D eigenvalue weighted by Gasteiger charge is 2.26. The molecule has 3 aromatic rings. The third-order valence-electron chi connectivity index (χ3n) is 4.96. The van der Waals surface area contributed by atoms with E-state index in [9.17, 15) is 4.79 Å². The Morgan fingerprint density at radius 3 is 2.65 bits per heavy atom. The lowest BCUT2D eigenvalue weighted by atomic mass is 10.0. The van der Waals surface area contributed by atoms with E-state index in [4.69, 9.17) is 20.8 Å². The Bertz CT molecular complexity index is 1110. The second-order valence-electron chi connectivity index (χ2n) is 6.58. The summed E-state index contributed by atoms with van der Waals surface area (Å²) in [6.07, 6.45) is 0. The highest BCUT2D eigenvalue weighted by Crippen LogP contribution is 2.41. The first-order valence-corrected chi connectivity index (χ1v) is 9.43. The minimum atomic E-state index is -0.323. The van der Waals surface area contributed by atoms with Crippen LogP contribution in [0.5, 0.6) is 5.75 Å². The molecule has 2 aromatic carbocycles. The van der Waals surface area contributed by atoms with Gasteiger partial charge < -0.3 is 14.1 Å². The van der Waals surface area contributed by atoms with Gasteiger partial charge in [-0.25, -0.2) is 4.79 Å². The van der Waals surface area contributed by atoms with E-state index in [1.54, 1.807) is 6.92 Å². The molecule has 0 unspecified atom stereocenters. The molecule has 0 bridgehead atoms. The molecule has 6 heteroatoms. The Morgan fingerprint density at radius 1 is 1.15 bits per heavy atom. The summed E-state index contributed by atoms with van der Waals surface area (Å²) in [5.74, 6) is 0.594. The summed E-state index contributed by atoms with van der Waals surface area (Å²) < 4.78 is 12.6. The van der Waals surface area contributed by atoms with Crippen LogP contribution in [0, 0.1) is 20.8 Å². The van der Waals surface area contributed by atoms with Gasteiger partial charge in [0.05, 0.1) is 17.1 Å². The maximum atomic E-state index is 12.2. The Hall–Kier alpha value is -1.98. The lowest BCUT2D eigenvalue weighted by Crippen LogP contribution is -2.32. The van der Waals surface area contributed by atoms with Gasteiger partial charge in [0.2, 0.25) is 0 Å². The first-order valence-electron chi connectivity index (χ1n) is 8.26. The summed E-state index contributed by atoms with van der Waals surface area (Å²) in [7, 11) is 0. The largest absolute Gasteiger partial charge is 0.471 e. The van der Waals surface area contributed by atoms with Crippen molar-refractivity contribution in [2.24, 2.45) is 0 Å². The normalized spacial score (nSPS) is 13.7. The molecule has 0 fully saturated rings. The predicted molar refractivity (Wildman–Crippen MR) is 108 cm³/mol. The molecule has 0 amide bonds. The van der Waals surface area contributed by atoms with Crippen LogP contribution in [0.2, 0.25) is 5.02 Å². The standard InChI is InChI=1S/C20H17BrClNO3/c1-10-6-13(21)4-5-17(10)23-8-15-18-14(7-16(22)19(15)25-9-23)11(2)12(3)20(24)26-18/h4-7H,8-9H2,1-3H3. The number of hydrogen-bond donors (Lipinski definition) is 0. The predicted octanol–water partition coefficient (Wildman–Crippen LogP) is 5.49. The summed E-state index contributed by atoms with van der Waals surface area (Å²) in [5.41, 5.74) is 4.72. The fourth-order valence-electron chi connectivity index (χ4n) is 3.39. The topological polar surface area (TPSA) is 42.7 Å². The quantitative estimate of drug-likeness (QED) is 0.475.